The first kappa shape index (κ1) is 22.6. The zero-order chi connectivity index (χ0) is 23.4. The molecule has 1 saturated heterocycles. The van der Waals surface area contributed by atoms with E-state index in [9.17, 15) is 5.11 Å². The molecule has 1 fully saturated rings. The third kappa shape index (κ3) is 5.01. The van der Waals surface area contributed by atoms with Gasteiger partial charge >= 0.3 is 0 Å². The minimum absolute atomic E-state index is 0.457. The molecule has 1 aromatic heterocycles. The summed E-state index contributed by atoms with van der Waals surface area (Å²) in [7, 11) is 1.69. The normalized spacial score (nSPS) is 18.5. The maximum absolute atomic E-state index is 11.1. The predicted molar refractivity (Wildman–Crippen MR) is 134 cm³/mol. The van der Waals surface area contributed by atoms with E-state index in [0.29, 0.717) is 6.61 Å². The van der Waals surface area contributed by atoms with Crippen LogP contribution >= 0.6 is 0 Å². The topological polar surface area (TPSA) is 54.8 Å². The average molecular weight is 457 g/mol. The van der Waals surface area contributed by atoms with Crippen molar-refractivity contribution in [2.45, 2.75) is 37.9 Å². The molecule has 5 heteroatoms. The smallest absolute Gasteiger partial charge is 0.131 e. The molecule has 0 unspecified atom stereocenters. The highest BCUT2D eigenvalue weighted by molar-refractivity contribution is 5.85. The van der Waals surface area contributed by atoms with Gasteiger partial charge in [0.15, 0.2) is 0 Å². The number of piperidine rings is 1. The van der Waals surface area contributed by atoms with Gasteiger partial charge in [-0.3, -0.25) is 4.98 Å². The Morgan fingerprint density at radius 1 is 1.06 bits per heavy atom. The number of aliphatic hydroxyl groups is 1. The second kappa shape index (κ2) is 10.00. The predicted octanol–water partition coefficient (Wildman–Crippen LogP) is 4.87. The maximum Gasteiger partial charge on any atom is 0.131 e. The minimum atomic E-state index is -0.602. The van der Waals surface area contributed by atoms with E-state index in [0.717, 1.165) is 79.2 Å². The van der Waals surface area contributed by atoms with E-state index in [1.165, 1.54) is 5.56 Å². The van der Waals surface area contributed by atoms with Crippen LogP contribution in [-0.4, -0.2) is 47.3 Å². The van der Waals surface area contributed by atoms with Gasteiger partial charge in [0.05, 0.1) is 18.4 Å². The molecule has 2 aliphatic rings. The first-order chi connectivity index (χ1) is 16.6. The Morgan fingerprint density at radius 3 is 2.68 bits per heavy atom. The summed E-state index contributed by atoms with van der Waals surface area (Å²) in [5, 5.41) is 11.1. The van der Waals surface area contributed by atoms with Gasteiger partial charge in [0.2, 0.25) is 0 Å². The number of likely N-dealkylation sites (tertiary alicyclic amines) is 1. The van der Waals surface area contributed by atoms with Crippen LogP contribution in [0.2, 0.25) is 0 Å². The first-order valence-electron chi connectivity index (χ1n) is 12.1. The summed E-state index contributed by atoms with van der Waals surface area (Å²) in [6, 6.07) is 20.4. The Bertz CT molecular complexity index is 1150. The first-order valence-corrected chi connectivity index (χ1v) is 12.1. The number of fused-ring (bicyclic) bond motifs is 2. The number of ether oxygens (including phenoxy) is 2. The van der Waals surface area contributed by atoms with Crippen molar-refractivity contribution in [3.8, 4) is 11.5 Å². The molecule has 0 atom stereocenters. The summed E-state index contributed by atoms with van der Waals surface area (Å²) >= 11 is 0. The van der Waals surface area contributed by atoms with Gasteiger partial charge < -0.3 is 19.5 Å². The standard InChI is InChI=1S/C29H32N2O3/c1-33-23-11-12-28-26(19-23)24(25-9-5-15-30-27(25)21-34-28)10-6-16-31-17-13-29(32,14-18-31)20-22-7-3-2-4-8-22/h2-5,7-12,15,19,32H,6,13-14,16-18,20-21H2,1H3. The molecule has 2 aliphatic heterocycles. The Balaban J connectivity index is 1.28. The van der Waals surface area contributed by atoms with Crippen molar-refractivity contribution >= 4 is 5.57 Å². The Hall–Kier alpha value is -3.15. The molecule has 0 amide bonds. The van der Waals surface area contributed by atoms with Crippen LogP contribution in [0.1, 0.15) is 41.6 Å². The molecular formula is C29H32N2O3. The van der Waals surface area contributed by atoms with Crippen LogP contribution in [0.15, 0.2) is 72.9 Å². The Labute approximate surface area is 201 Å². The largest absolute Gasteiger partial charge is 0.497 e. The second-order valence-corrected chi connectivity index (χ2v) is 9.28. The monoisotopic (exact) mass is 456 g/mol. The molecule has 3 heterocycles. The van der Waals surface area contributed by atoms with Gasteiger partial charge in [0, 0.05) is 43.4 Å². The van der Waals surface area contributed by atoms with E-state index in [1.54, 1.807) is 7.11 Å². The van der Waals surface area contributed by atoms with Crippen LogP contribution in [-0.2, 0) is 13.0 Å². The van der Waals surface area contributed by atoms with Crippen molar-refractivity contribution in [1.29, 1.82) is 0 Å². The zero-order valence-corrected chi connectivity index (χ0v) is 19.7. The number of nitrogens with zero attached hydrogens (tertiary/aromatic N) is 2. The second-order valence-electron chi connectivity index (χ2n) is 9.28. The van der Waals surface area contributed by atoms with Crippen LogP contribution in [0, 0.1) is 0 Å². The number of aromatic nitrogens is 1. The van der Waals surface area contributed by atoms with Crippen LogP contribution in [0.3, 0.4) is 0 Å². The molecule has 0 aliphatic carbocycles. The molecule has 0 saturated carbocycles. The van der Waals surface area contributed by atoms with E-state index < -0.39 is 5.60 Å². The highest BCUT2D eigenvalue weighted by Gasteiger charge is 2.32. The molecule has 5 rings (SSSR count). The van der Waals surface area contributed by atoms with E-state index in [4.69, 9.17) is 9.47 Å². The van der Waals surface area contributed by atoms with Gasteiger partial charge in [-0.1, -0.05) is 42.5 Å². The quantitative estimate of drug-likeness (QED) is 0.573. The molecule has 1 N–H and O–H groups in total. The molecule has 34 heavy (non-hydrogen) atoms. The third-order valence-corrected chi connectivity index (χ3v) is 6.98. The summed E-state index contributed by atoms with van der Waals surface area (Å²) in [5.74, 6) is 1.67. The third-order valence-electron chi connectivity index (χ3n) is 6.98. The van der Waals surface area contributed by atoms with Gasteiger partial charge in [-0.15, -0.1) is 0 Å². The number of hydrogen-bond donors (Lipinski definition) is 1. The molecule has 5 nitrogen and oxygen atoms in total. The fourth-order valence-corrected chi connectivity index (χ4v) is 5.02. The van der Waals surface area contributed by atoms with Gasteiger partial charge in [-0.2, -0.15) is 0 Å². The molecule has 0 radical (unpaired) electrons. The molecule has 3 aromatic rings. The number of benzene rings is 2. The molecule has 0 bridgehead atoms. The maximum atomic E-state index is 11.1. The van der Waals surface area contributed by atoms with E-state index in [1.807, 2.05) is 48.7 Å². The number of rotatable bonds is 6. The fraction of sp³-hybridized carbons (Fsp3) is 0.345. The number of hydrogen-bond acceptors (Lipinski definition) is 5. The van der Waals surface area contributed by atoms with Crippen molar-refractivity contribution in [3.63, 3.8) is 0 Å². The zero-order valence-electron chi connectivity index (χ0n) is 19.7. The van der Waals surface area contributed by atoms with Gasteiger partial charge in [0.1, 0.15) is 18.1 Å². The summed E-state index contributed by atoms with van der Waals surface area (Å²) in [4.78, 5) is 7.03. The summed E-state index contributed by atoms with van der Waals surface area (Å²) in [6.07, 6.45) is 7.38. The van der Waals surface area contributed by atoms with Crippen molar-refractivity contribution in [2.75, 3.05) is 26.7 Å². The molecule has 0 spiro atoms. The van der Waals surface area contributed by atoms with Crippen LogP contribution in [0.25, 0.3) is 5.57 Å². The summed E-state index contributed by atoms with van der Waals surface area (Å²) in [5.41, 5.74) is 4.86. The lowest BCUT2D eigenvalue weighted by molar-refractivity contribution is -0.0201. The average Bonchev–Trinajstić information content (AvgIpc) is 3.02. The van der Waals surface area contributed by atoms with Crippen LogP contribution < -0.4 is 9.47 Å². The van der Waals surface area contributed by atoms with Gasteiger partial charge in [0.25, 0.3) is 0 Å². The summed E-state index contributed by atoms with van der Waals surface area (Å²) < 4.78 is 11.6. The van der Waals surface area contributed by atoms with Gasteiger partial charge in [-0.25, -0.2) is 0 Å². The van der Waals surface area contributed by atoms with E-state index >= 15 is 0 Å². The summed E-state index contributed by atoms with van der Waals surface area (Å²) in [6.45, 7) is 3.25. The van der Waals surface area contributed by atoms with Crippen molar-refractivity contribution in [3.05, 3.63) is 95.3 Å². The lowest BCUT2D eigenvalue weighted by Crippen LogP contribution is -2.45. The SMILES string of the molecule is COc1ccc2c(c1)C(=CCCN1CCC(O)(Cc3ccccc3)CC1)c1cccnc1CO2. The molecular weight excluding hydrogens is 424 g/mol. The Morgan fingerprint density at radius 2 is 1.88 bits per heavy atom. The lowest BCUT2D eigenvalue weighted by atomic mass is 9.85. The minimum Gasteiger partial charge on any atom is -0.497 e. The number of methoxy groups -OCH3 is 1. The van der Waals surface area contributed by atoms with Crippen LogP contribution in [0.5, 0.6) is 11.5 Å². The molecule has 2 aromatic carbocycles. The number of pyridine rings is 1. The van der Waals surface area contributed by atoms with E-state index in [-0.39, 0.29) is 0 Å². The van der Waals surface area contributed by atoms with Crippen molar-refractivity contribution in [2.24, 2.45) is 0 Å². The van der Waals surface area contributed by atoms with Crippen LogP contribution in [0.4, 0.5) is 0 Å². The highest BCUT2D eigenvalue weighted by Crippen LogP contribution is 2.38. The van der Waals surface area contributed by atoms with Crippen molar-refractivity contribution in [1.82, 2.24) is 9.88 Å². The highest BCUT2D eigenvalue weighted by atomic mass is 16.5. The Kier molecular flexibility index (Phi) is 6.66. The van der Waals surface area contributed by atoms with Crippen molar-refractivity contribution < 1.29 is 14.6 Å². The fourth-order valence-electron chi connectivity index (χ4n) is 5.02. The van der Waals surface area contributed by atoms with Gasteiger partial charge in [-0.05, 0) is 54.7 Å². The molecule has 176 valence electrons. The lowest BCUT2D eigenvalue weighted by Gasteiger charge is -2.38. The van der Waals surface area contributed by atoms with E-state index in [2.05, 4.69) is 34.2 Å².